The third-order valence-corrected chi connectivity index (χ3v) is 1.54. The molecule has 0 aliphatic carbocycles. The van der Waals surface area contributed by atoms with Crippen LogP contribution in [0.15, 0.2) is 30.8 Å². The molecule has 0 saturated heterocycles. The highest BCUT2D eigenvalue weighted by atomic mass is 17.2. The second kappa shape index (κ2) is 5.38. The Morgan fingerprint density at radius 2 is 2.31 bits per heavy atom. The molecule has 70 valence electrons. The van der Waals surface area contributed by atoms with Crippen molar-refractivity contribution in [2.45, 2.75) is 13.3 Å². The van der Waals surface area contributed by atoms with Gasteiger partial charge in [-0.2, -0.15) is 4.89 Å². The van der Waals surface area contributed by atoms with Crippen molar-refractivity contribution in [2.75, 3.05) is 6.61 Å². The summed E-state index contributed by atoms with van der Waals surface area (Å²) < 4.78 is 0. The van der Waals surface area contributed by atoms with Gasteiger partial charge in [0.2, 0.25) is 0 Å². The van der Waals surface area contributed by atoms with Crippen molar-refractivity contribution in [3.8, 4) is 5.75 Å². The van der Waals surface area contributed by atoms with E-state index in [1.54, 1.807) is 6.08 Å². The minimum absolute atomic E-state index is 0.609. The van der Waals surface area contributed by atoms with Crippen molar-refractivity contribution in [1.82, 2.24) is 0 Å². The Kier molecular flexibility index (Phi) is 4.06. The van der Waals surface area contributed by atoms with Gasteiger partial charge in [-0.05, 0) is 24.1 Å². The van der Waals surface area contributed by atoms with Gasteiger partial charge in [0.05, 0.1) is 6.61 Å². The van der Waals surface area contributed by atoms with E-state index in [0.29, 0.717) is 12.4 Å². The molecular formula is C11H14O2. The van der Waals surface area contributed by atoms with Crippen LogP contribution >= 0.6 is 0 Å². The van der Waals surface area contributed by atoms with Crippen molar-refractivity contribution in [3.05, 3.63) is 36.4 Å². The first-order valence-electron chi connectivity index (χ1n) is 4.38. The van der Waals surface area contributed by atoms with Crippen molar-refractivity contribution < 1.29 is 9.78 Å². The molecule has 0 saturated carbocycles. The summed E-state index contributed by atoms with van der Waals surface area (Å²) in [6, 6.07) is 7.59. The molecule has 0 N–H and O–H groups in total. The number of hydrogen-bond acceptors (Lipinski definition) is 2. The molecule has 1 aromatic rings. The molecular weight excluding hydrogens is 164 g/mol. The molecule has 0 bridgehead atoms. The molecule has 0 heterocycles. The van der Waals surface area contributed by atoms with Gasteiger partial charge < -0.3 is 4.89 Å². The molecule has 0 aliphatic rings. The minimum atomic E-state index is 0.609. The van der Waals surface area contributed by atoms with Crippen molar-refractivity contribution in [1.29, 1.82) is 0 Å². The Morgan fingerprint density at radius 1 is 1.46 bits per heavy atom. The maximum atomic E-state index is 5.04. The fourth-order valence-electron chi connectivity index (χ4n) is 0.886. The first-order chi connectivity index (χ1) is 6.36. The first kappa shape index (κ1) is 9.81. The lowest BCUT2D eigenvalue weighted by atomic mass is 10.2. The molecule has 0 unspecified atom stereocenters. The van der Waals surface area contributed by atoms with E-state index in [2.05, 4.69) is 6.58 Å². The maximum absolute atomic E-state index is 5.04. The summed E-state index contributed by atoms with van der Waals surface area (Å²) in [6.45, 7) is 6.31. The zero-order chi connectivity index (χ0) is 9.52. The largest absolute Gasteiger partial charge is 0.338 e. The summed E-state index contributed by atoms with van der Waals surface area (Å²) in [5, 5.41) is 0. The molecule has 0 amide bonds. The number of hydrogen-bond donors (Lipinski definition) is 0. The molecule has 1 aromatic carbocycles. The van der Waals surface area contributed by atoms with Gasteiger partial charge in [-0.25, -0.2) is 0 Å². The third kappa shape index (κ3) is 3.30. The van der Waals surface area contributed by atoms with Crippen molar-refractivity contribution in [2.24, 2.45) is 0 Å². The van der Waals surface area contributed by atoms with Crippen LogP contribution in [-0.2, 0) is 4.89 Å². The molecule has 2 nitrogen and oxygen atoms in total. The minimum Gasteiger partial charge on any atom is -0.338 e. The molecule has 1 rings (SSSR count). The predicted molar refractivity (Wildman–Crippen MR) is 53.4 cm³/mol. The van der Waals surface area contributed by atoms with E-state index in [4.69, 9.17) is 9.78 Å². The highest BCUT2D eigenvalue weighted by Gasteiger charge is 1.94. The van der Waals surface area contributed by atoms with Crippen LogP contribution in [0.3, 0.4) is 0 Å². The summed E-state index contributed by atoms with van der Waals surface area (Å²) in [5.74, 6) is 0.714. The summed E-state index contributed by atoms with van der Waals surface area (Å²) in [5.41, 5.74) is 1.03. The van der Waals surface area contributed by atoms with Gasteiger partial charge in [-0.1, -0.05) is 31.7 Å². The molecule has 0 aromatic heterocycles. The van der Waals surface area contributed by atoms with Crippen molar-refractivity contribution in [3.63, 3.8) is 0 Å². The average molecular weight is 178 g/mol. The van der Waals surface area contributed by atoms with Crippen LogP contribution in [0.5, 0.6) is 5.75 Å². The van der Waals surface area contributed by atoms with Gasteiger partial charge in [0.15, 0.2) is 5.75 Å². The summed E-state index contributed by atoms with van der Waals surface area (Å²) in [6.07, 6.45) is 2.72. The second-order valence-electron chi connectivity index (χ2n) is 2.68. The smallest absolute Gasteiger partial charge is 0.165 e. The summed E-state index contributed by atoms with van der Waals surface area (Å²) >= 11 is 0. The molecule has 13 heavy (non-hydrogen) atoms. The van der Waals surface area contributed by atoms with Gasteiger partial charge in [-0.15, -0.1) is 0 Å². The van der Waals surface area contributed by atoms with Crippen LogP contribution in [0.2, 0.25) is 0 Å². The van der Waals surface area contributed by atoms with Crippen LogP contribution in [0, 0.1) is 0 Å². The van der Waals surface area contributed by atoms with Gasteiger partial charge in [0.25, 0.3) is 0 Å². The molecule has 0 fully saturated rings. The third-order valence-electron chi connectivity index (χ3n) is 1.54. The Bertz CT molecular complexity index is 269. The zero-order valence-corrected chi connectivity index (χ0v) is 7.82. The lowest BCUT2D eigenvalue weighted by molar-refractivity contribution is -0.206. The Morgan fingerprint density at radius 3 is 3.00 bits per heavy atom. The van der Waals surface area contributed by atoms with Crippen LogP contribution in [0.4, 0.5) is 0 Å². The average Bonchev–Trinajstić information content (AvgIpc) is 2.19. The number of benzene rings is 1. The Balaban J connectivity index is 2.51. The Labute approximate surface area is 78.7 Å². The zero-order valence-electron chi connectivity index (χ0n) is 7.82. The lowest BCUT2D eigenvalue weighted by Crippen LogP contribution is -1.97. The van der Waals surface area contributed by atoms with Gasteiger partial charge in [0, 0.05) is 0 Å². The topological polar surface area (TPSA) is 18.5 Å². The van der Waals surface area contributed by atoms with E-state index in [1.807, 2.05) is 31.2 Å². The molecule has 0 radical (unpaired) electrons. The van der Waals surface area contributed by atoms with Crippen molar-refractivity contribution >= 4 is 6.08 Å². The SMILES string of the molecule is C=Cc1cccc(OOCCC)c1. The maximum Gasteiger partial charge on any atom is 0.165 e. The normalized spacial score (nSPS) is 9.62. The second-order valence-corrected chi connectivity index (χ2v) is 2.68. The summed E-state index contributed by atoms with van der Waals surface area (Å²) in [4.78, 5) is 9.98. The highest BCUT2D eigenvalue weighted by Crippen LogP contribution is 2.14. The molecule has 2 heteroatoms. The van der Waals surface area contributed by atoms with Gasteiger partial charge >= 0.3 is 0 Å². The van der Waals surface area contributed by atoms with Gasteiger partial charge in [0.1, 0.15) is 0 Å². The summed E-state index contributed by atoms with van der Waals surface area (Å²) in [7, 11) is 0. The van der Waals surface area contributed by atoms with E-state index < -0.39 is 0 Å². The molecule has 0 atom stereocenters. The molecule has 0 spiro atoms. The standard InChI is InChI=1S/C11H14O2/c1-3-8-12-13-11-7-5-6-10(4-2)9-11/h4-7,9H,2-3,8H2,1H3. The van der Waals surface area contributed by atoms with E-state index in [1.165, 1.54) is 0 Å². The monoisotopic (exact) mass is 178 g/mol. The number of rotatable bonds is 5. The quantitative estimate of drug-likeness (QED) is 0.392. The van der Waals surface area contributed by atoms with E-state index in [-0.39, 0.29) is 0 Å². The van der Waals surface area contributed by atoms with Gasteiger partial charge in [-0.3, -0.25) is 0 Å². The fourth-order valence-corrected chi connectivity index (χ4v) is 0.886. The highest BCUT2D eigenvalue weighted by molar-refractivity contribution is 5.49. The van der Waals surface area contributed by atoms with Crippen LogP contribution in [-0.4, -0.2) is 6.61 Å². The fraction of sp³-hybridized carbons (Fsp3) is 0.273. The van der Waals surface area contributed by atoms with Crippen LogP contribution in [0.25, 0.3) is 6.08 Å². The first-order valence-corrected chi connectivity index (χ1v) is 4.38. The van der Waals surface area contributed by atoms with Crippen LogP contribution in [0.1, 0.15) is 18.9 Å². The van der Waals surface area contributed by atoms with E-state index >= 15 is 0 Å². The predicted octanol–water partition coefficient (Wildman–Crippen LogP) is 3.05. The van der Waals surface area contributed by atoms with E-state index in [0.717, 1.165) is 12.0 Å². The molecule has 0 aliphatic heterocycles. The van der Waals surface area contributed by atoms with Crippen LogP contribution < -0.4 is 4.89 Å². The lowest BCUT2D eigenvalue weighted by Gasteiger charge is -2.03. The van der Waals surface area contributed by atoms with E-state index in [9.17, 15) is 0 Å². The Hall–Kier alpha value is -1.28.